The lowest BCUT2D eigenvalue weighted by Crippen LogP contribution is -2.03. The lowest BCUT2D eigenvalue weighted by atomic mass is 9.94. The molecule has 0 saturated heterocycles. The molecule has 0 aromatic heterocycles. The van der Waals surface area contributed by atoms with Gasteiger partial charge in [-0.2, -0.15) is 0 Å². The summed E-state index contributed by atoms with van der Waals surface area (Å²) in [4.78, 5) is 11.6. The summed E-state index contributed by atoms with van der Waals surface area (Å²) in [7, 11) is 0. The van der Waals surface area contributed by atoms with E-state index in [0.717, 1.165) is 29.5 Å². The standard InChI is InChI=1S/C25H26O3/c1-3-17-5-9-19(10-6-17)13-21-15-22(24(26)23(16-21)25(27)28)14-20-11-7-18(4-2)8-12-20/h5-12,15-16,26H,3-4,13-14H2,1-2H3,(H,27,28). The van der Waals surface area contributed by atoms with E-state index in [1.165, 1.54) is 11.1 Å². The molecule has 0 spiro atoms. The van der Waals surface area contributed by atoms with E-state index in [1.807, 2.05) is 18.2 Å². The summed E-state index contributed by atoms with van der Waals surface area (Å²) in [5.74, 6) is -1.25. The molecule has 0 aliphatic heterocycles. The van der Waals surface area contributed by atoms with Crippen molar-refractivity contribution in [2.45, 2.75) is 39.5 Å². The van der Waals surface area contributed by atoms with Crippen molar-refractivity contribution in [2.24, 2.45) is 0 Å². The van der Waals surface area contributed by atoms with Gasteiger partial charge in [0.05, 0.1) is 0 Å². The number of rotatable bonds is 7. The van der Waals surface area contributed by atoms with E-state index in [2.05, 4.69) is 50.2 Å². The highest BCUT2D eigenvalue weighted by Gasteiger charge is 2.16. The van der Waals surface area contributed by atoms with Gasteiger partial charge in [0.15, 0.2) is 0 Å². The zero-order valence-electron chi connectivity index (χ0n) is 16.4. The third kappa shape index (κ3) is 4.61. The van der Waals surface area contributed by atoms with Crippen LogP contribution in [0.2, 0.25) is 0 Å². The molecule has 3 rings (SSSR count). The van der Waals surface area contributed by atoms with Crippen molar-refractivity contribution in [3.63, 3.8) is 0 Å². The fourth-order valence-electron chi connectivity index (χ4n) is 3.40. The first-order chi connectivity index (χ1) is 13.5. The first-order valence-electron chi connectivity index (χ1n) is 9.73. The van der Waals surface area contributed by atoms with E-state index in [9.17, 15) is 15.0 Å². The van der Waals surface area contributed by atoms with Gasteiger partial charge in [0.1, 0.15) is 11.3 Å². The van der Waals surface area contributed by atoms with Crippen LogP contribution >= 0.6 is 0 Å². The molecule has 0 fully saturated rings. The van der Waals surface area contributed by atoms with Crippen LogP contribution in [0.15, 0.2) is 60.7 Å². The number of carbonyl (C=O) groups is 1. The quantitative estimate of drug-likeness (QED) is 0.582. The lowest BCUT2D eigenvalue weighted by molar-refractivity contribution is 0.0693. The van der Waals surface area contributed by atoms with E-state index in [1.54, 1.807) is 6.07 Å². The van der Waals surface area contributed by atoms with Crippen LogP contribution < -0.4 is 0 Å². The summed E-state index contributed by atoms with van der Waals surface area (Å²) >= 11 is 0. The van der Waals surface area contributed by atoms with Gasteiger partial charge in [0, 0.05) is 6.42 Å². The van der Waals surface area contributed by atoms with Crippen LogP contribution in [0.5, 0.6) is 5.75 Å². The number of phenols is 1. The molecule has 0 heterocycles. The summed E-state index contributed by atoms with van der Waals surface area (Å²) in [6, 6.07) is 20.1. The zero-order valence-corrected chi connectivity index (χ0v) is 16.4. The summed E-state index contributed by atoms with van der Waals surface area (Å²) < 4.78 is 0. The van der Waals surface area contributed by atoms with Gasteiger partial charge in [-0.1, -0.05) is 68.4 Å². The average molecular weight is 374 g/mol. The van der Waals surface area contributed by atoms with Gasteiger partial charge in [-0.15, -0.1) is 0 Å². The molecule has 3 aromatic rings. The molecule has 144 valence electrons. The highest BCUT2D eigenvalue weighted by Crippen LogP contribution is 2.28. The Kier molecular flexibility index (Phi) is 6.15. The first kappa shape index (κ1) is 19.7. The van der Waals surface area contributed by atoms with Crippen molar-refractivity contribution in [2.75, 3.05) is 0 Å². The van der Waals surface area contributed by atoms with Gasteiger partial charge >= 0.3 is 5.97 Å². The Morgan fingerprint density at radius 3 is 1.64 bits per heavy atom. The van der Waals surface area contributed by atoms with Crippen molar-refractivity contribution in [3.8, 4) is 5.75 Å². The molecule has 0 unspecified atom stereocenters. The van der Waals surface area contributed by atoms with E-state index < -0.39 is 5.97 Å². The Hall–Kier alpha value is -3.07. The molecule has 3 aromatic carbocycles. The van der Waals surface area contributed by atoms with Gasteiger partial charge in [0.25, 0.3) is 0 Å². The number of hydrogen-bond acceptors (Lipinski definition) is 2. The minimum Gasteiger partial charge on any atom is -0.507 e. The maximum Gasteiger partial charge on any atom is 0.339 e. The number of aryl methyl sites for hydroxylation is 2. The molecular weight excluding hydrogens is 348 g/mol. The maximum atomic E-state index is 11.6. The predicted octanol–water partition coefficient (Wildman–Crippen LogP) is 5.40. The van der Waals surface area contributed by atoms with Gasteiger partial charge in [-0.25, -0.2) is 4.79 Å². The number of benzene rings is 3. The largest absolute Gasteiger partial charge is 0.507 e. The van der Waals surface area contributed by atoms with E-state index >= 15 is 0 Å². The SMILES string of the molecule is CCc1ccc(Cc2cc(Cc3ccc(CC)cc3)c(O)c(C(=O)O)c2)cc1. The first-order valence-corrected chi connectivity index (χ1v) is 9.73. The van der Waals surface area contributed by atoms with Gasteiger partial charge < -0.3 is 10.2 Å². The second-order valence-electron chi connectivity index (χ2n) is 7.15. The Labute approximate surface area is 166 Å². The minimum atomic E-state index is -1.11. The number of aromatic hydroxyl groups is 1. The molecule has 0 aliphatic carbocycles. The third-order valence-electron chi connectivity index (χ3n) is 5.14. The number of aromatic carboxylic acids is 1. The monoisotopic (exact) mass is 374 g/mol. The summed E-state index contributed by atoms with van der Waals surface area (Å²) in [6.45, 7) is 4.23. The minimum absolute atomic E-state index is 0.0390. The Bertz CT molecular complexity index is 954. The molecule has 0 amide bonds. The van der Waals surface area contributed by atoms with Crippen molar-refractivity contribution < 1.29 is 15.0 Å². The Morgan fingerprint density at radius 2 is 1.18 bits per heavy atom. The van der Waals surface area contributed by atoms with Crippen LogP contribution in [-0.4, -0.2) is 16.2 Å². The fourth-order valence-corrected chi connectivity index (χ4v) is 3.40. The molecule has 0 bridgehead atoms. The summed E-state index contributed by atoms with van der Waals surface area (Å²) in [6.07, 6.45) is 3.09. The fraction of sp³-hybridized carbons (Fsp3) is 0.240. The van der Waals surface area contributed by atoms with E-state index in [4.69, 9.17) is 0 Å². The van der Waals surface area contributed by atoms with E-state index in [-0.39, 0.29) is 11.3 Å². The highest BCUT2D eigenvalue weighted by molar-refractivity contribution is 5.91. The summed E-state index contributed by atoms with van der Waals surface area (Å²) in [5, 5.41) is 20.0. The Morgan fingerprint density at radius 1 is 0.714 bits per heavy atom. The van der Waals surface area contributed by atoms with Gasteiger partial charge in [0.2, 0.25) is 0 Å². The van der Waals surface area contributed by atoms with Crippen molar-refractivity contribution in [1.82, 2.24) is 0 Å². The molecule has 28 heavy (non-hydrogen) atoms. The van der Waals surface area contributed by atoms with Crippen LogP contribution in [0.1, 0.15) is 57.6 Å². The second kappa shape index (κ2) is 8.75. The van der Waals surface area contributed by atoms with Crippen molar-refractivity contribution in [1.29, 1.82) is 0 Å². The Balaban J connectivity index is 1.92. The van der Waals surface area contributed by atoms with Gasteiger partial charge in [-0.3, -0.25) is 0 Å². The number of hydrogen-bond donors (Lipinski definition) is 2. The van der Waals surface area contributed by atoms with Crippen LogP contribution in [0.3, 0.4) is 0 Å². The molecule has 0 radical (unpaired) electrons. The lowest BCUT2D eigenvalue weighted by Gasteiger charge is -2.12. The van der Waals surface area contributed by atoms with Gasteiger partial charge in [-0.05, 0) is 58.7 Å². The van der Waals surface area contributed by atoms with Crippen LogP contribution in [-0.2, 0) is 25.7 Å². The average Bonchev–Trinajstić information content (AvgIpc) is 2.71. The molecule has 3 heteroatoms. The van der Waals surface area contributed by atoms with Crippen molar-refractivity contribution in [3.05, 3.63) is 99.6 Å². The summed E-state index contributed by atoms with van der Waals surface area (Å²) in [5.41, 5.74) is 6.19. The van der Waals surface area contributed by atoms with Crippen LogP contribution in [0.25, 0.3) is 0 Å². The molecule has 0 aliphatic rings. The number of carboxylic acid groups (broad SMARTS) is 1. The highest BCUT2D eigenvalue weighted by atomic mass is 16.4. The predicted molar refractivity (Wildman–Crippen MR) is 112 cm³/mol. The van der Waals surface area contributed by atoms with Crippen LogP contribution in [0, 0.1) is 0 Å². The van der Waals surface area contributed by atoms with Crippen LogP contribution in [0.4, 0.5) is 0 Å². The molecule has 0 atom stereocenters. The molecular formula is C25H26O3. The normalized spacial score (nSPS) is 10.8. The molecule has 0 saturated carbocycles. The molecule has 3 nitrogen and oxygen atoms in total. The maximum absolute atomic E-state index is 11.6. The zero-order chi connectivity index (χ0) is 20.1. The second-order valence-corrected chi connectivity index (χ2v) is 7.15. The molecule has 2 N–H and O–H groups in total. The van der Waals surface area contributed by atoms with E-state index in [0.29, 0.717) is 18.4 Å². The topological polar surface area (TPSA) is 57.5 Å². The third-order valence-corrected chi connectivity index (χ3v) is 5.14. The number of carboxylic acids is 1. The van der Waals surface area contributed by atoms with Crippen molar-refractivity contribution >= 4 is 5.97 Å². The smallest absolute Gasteiger partial charge is 0.339 e.